The van der Waals surface area contributed by atoms with Crippen LogP contribution in [0.1, 0.15) is 296 Å². The van der Waals surface area contributed by atoms with Crippen LogP contribution in [0.2, 0.25) is 0 Å². The zero-order valence-electron chi connectivity index (χ0n) is 80.0. The molecule has 8 heteroatoms. The number of anilines is 5. The molecule has 8 heterocycles. The molecule has 0 N–H and O–H groups in total. The molecule has 16 rings (SSSR count). The predicted octanol–water partition coefficient (Wildman–Crippen LogP) is 28.4. The van der Waals surface area contributed by atoms with Crippen LogP contribution in [-0.4, -0.2) is 118 Å². The molecule has 1 fully saturated rings. The van der Waals surface area contributed by atoms with Crippen LogP contribution >= 0.6 is 0 Å². The van der Waals surface area contributed by atoms with Crippen LogP contribution in [-0.2, 0) is 55.0 Å². The van der Waals surface area contributed by atoms with Crippen molar-refractivity contribution >= 4 is 28.4 Å². The SMILES string of the molecule is CC(C)N1CC(C)(C)Cc2ccccc21.CC(C)N1CC(C)(C)c2ccccc21.CC(C)N1CC2C=CC=CC2C1(C)C.CC(C)N1CCC(C)(C)c2ccccc21.CC(C)N1CCc2ccccc2C1(C)C.CC(C)N1Cc2ccccc2CC1(C)C.CC(C)N1c2ccccc2CC1(C)C.CC(C)N1c2ccccc2CCC1(C)C.[2HH].[2HH].[2HH].[2HH].[2HH].[2HH].[2HH].[2HH]. The minimum Gasteiger partial charge on any atom is -0.369 e. The lowest BCUT2D eigenvalue weighted by atomic mass is 9.77. The Kier molecular flexibility index (Phi) is 30.7. The highest BCUT2D eigenvalue weighted by Crippen LogP contribution is 2.47. The summed E-state index contributed by atoms with van der Waals surface area (Å²) in [6.07, 6.45) is 17.6. The first kappa shape index (κ1) is 93.8. The molecule has 0 aromatic heterocycles. The van der Waals surface area contributed by atoms with E-state index in [0.717, 1.165) is 19.0 Å². The summed E-state index contributed by atoms with van der Waals surface area (Å²) in [5, 5.41) is 0. The fourth-order valence-electron chi connectivity index (χ4n) is 21.7. The Hall–Kier alpha value is -7.10. The second kappa shape index (κ2) is 38.3. The summed E-state index contributed by atoms with van der Waals surface area (Å²) in [5.41, 5.74) is 23.1. The average Bonchev–Trinajstić information content (AvgIpc) is 1.71. The van der Waals surface area contributed by atoms with Crippen LogP contribution in [0, 0.1) is 17.3 Å². The molecule has 1 aliphatic carbocycles. The van der Waals surface area contributed by atoms with E-state index in [1.165, 1.54) is 150 Å². The van der Waals surface area contributed by atoms with Crippen LogP contribution < -0.4 is 24.5 Å². The van der Waals surface area contributed by atoms with E-state index in [4.69, 9.17) is 0 Å². The molecule has 0 spiro atoms. The molecule has 7 aromatic carbocycles. The van der Waals surface area contributed by atoms with Crippen LogP contribution in [0.15, 0.2) is 194 Å². The molecule has 0 radical (unpaired) electrons. The van der Waals surface area contributed by atoms with Gasteiger partial charge in [-0.05, 0) is 322 Å². The van der Waals surface area contributed by atoms with E-state index in [9.17, 15) is 0 Å². The number of hydrogen-bond donors (Lipinski definition) is 0. The number of nitrogens with zero attached hydrogens (tertiary/aromatic N) is 8. The van der Waals surface area contributed by atoms with Gasteiger partial charge >= 0.3 is 0 Å². The van der Waals surface area contributed by atoms with Crippen molar-refractivity contribution in [2.75, 3.05) is 57.2 Å². The van der Waals surface area contributed by atoms with Crippen molar-refractivity contribution in [3.8, 4) is 0 Å². The van der Waals surface area contributed by atoms with Crippen molar-refractivity contribution in [2.45, 2.75) is 360 Å². The van der Waals surface area contributed by atoms with Crippen LogP contribution in [0.25, 0.3) is 0 Å². The number of rotatable bonds is 8. The van der Waals surface area contributed by atoms with Gasteiger partial charge in [-0.1, -0.05) is 205 Å². The highest BCUT2D eigenvalue weighted by atomic mass is 15.3. The number of para-hydroxylation sites is 5. The molecule has 0 amide bonds. The number of aryl methyl sites for hydroxylation is 1. The Morgan fingerprint density at radius 2 is 0.718 bits per heavy atom. The van der Waals surface area contributed by atoms with E-state index in [1.807, 2.05) is 0 Å². The first-order valence-electron chi connectivity index (χ1n) is 45.8. The number of likely N-dealkylation sites (tertiary alicyclic amines) is 1. The number of allylic oxidation sites excluding steroid dienone is 2. The van der Waals surface area contributed by atoms with Gasteiger partial charge in [-0.2, -0.15) is 0 Å². The van der Waals surface area contributed by atoms with Crippen molar-refractivity contribution in [2.24, 2.45) is 17.3 Å². The lowest BCUT2D eigenvalue weighted by molar-refractivity contribution is 0.0638. The van der Waals surface area contributed by atoms with Gasteiger partial charge in [-0.3, -0.25) is 14.7 Å². The molecule has 117 heavy (non-hydrogen) atoms. The molecule has 2 atom stereocenters. The topological polar surface area (TPSA) is 25.9 Å². The van der Waals surface area contributed by atoms with Gasteiger partial charge in [0, 0.05) is 166 Å². The molecule has 8 aliphatic heterocycles. The Labute approximate surface area is 729 Å². The van der Waals surface area contributed by atoms with Gasteiger partial charge < -0.3 is 24.5 Å². The fourth-order valence-corrected chi connectivity index (χ4v) is 21.7. The smallest absolute Gasteiger partial charge is 0.0410 e. The highest BCUT2D eigenvalue weighted by Gasteiger charge is 2.47. The summed E-state index contributed by atoms with van der Waals surface area (Å²) in [7, 11) is 0. The Morgan fingerprint density at radius 1 is 0.308 bits per heavy atom. The fraction of sp³-hybridized carbons (Fsp3) is 0.578. The standard InChI is InChI=1S/5C14H21N.C13H19N.C13H21N.C13H19N.8H2/c1-11(2)15-10-14(3,4)9-12-7-5-6-8-13(12)15;1-11(2)15-10-13-8-6-5-7-12(13)9-14(15,3)4;1-11(2)15-10-9-14(3,4)12-7-5-6-8-13(12)15;1-11(2)15-10-9-12-7-5-6-8-13(12)14(15,3)4;1-11(2)15-13-8-6-5-7-12(13)9-10-14(15,3)4;1-10(2)14-9-13(3,4)11-7-5-6-8-12(11)14;1-10(2)14-9-11-7-5-6-8-12(11)13(14,3)4;1-10(2)14-12-8-6-5-7-11(12)9-13(14,3)4;;;;;;;;/h5*5-8,11H,9-10H2,1-4H3;5-8,10H,9H2,1-4H3;5-8,10-12H,9H2,1-4H3;5-8,10H,9H2,1-4H3;8*1H/i;;;;;;;;8*1+1. The van der Waals surface area contributed by atoms with Gasteiger partial charge in [-0.15, -0.1) is 0 Å². The molecule has 0 saturated carbocycles. The maximum Gasteiger partial charge on any atom is 0.0410 e. The van der Waals surface area contributed by atoms with Crippen LogP contribution in [0.5, 0.6) is 0 Å². The van der Waals surface area contributed by atoms with Gasteiger partial charge in [-0.25, -0.2) is 0 Å². The highest BCUT2D eigenvalue weighted by molar-refractivity contribution is 5.64. The third-order valence-corrected chi connectivity index (χ3v) is 27.3. The largest absolute Gasteiger partial charge is 0.369 e. The zero-order valence-corrected chi connectivity index (χ0v) is 80.0. The maximum atomic E-state index is 2.63. The van der Waals surface area contributed by atoms with Gasteiger partial charge in [0.15, 0.2) is 0 Å². The van der Waals surface area contributed by atoms with E-state index in [-0.39, 0.29) is 22.5 Å². The van der Waals surface area contributed by atoms with Gasteiger partial charge in [0.25, 0.3) is 0 Å². The number of hydrogen-bond acceptors (Lipinski definition) is 8. The summed E-state index contributed by atoms with van der Waals surface area (Å²) in [6, 6.07) is 66.6. The van der Waals surface area contributed by atoms with Gasteiger partial charge in [0.05, 0.1) is 0 Å². The van der Waals surface area contributed by atoms with Crippen molar-refractivity contribution < 1.29 is 11.4 Å². The summed E-state index contributed by atoms with van der Waals surface area (Å²) in [4.78, 5) is 20.4. The van der Waals surface area contributed by atoms with Crippen LogP contribution in [0.3, 0.4) is 0 Å². The summed E-state index contributed by atoms with van der Waals surface area (Å²) < 4.78 is 0. The van der Waals surface area contributed by atoms with Crippen molar-refractivity contribution in [1.82, 2.24) is 14.7 Å². The van der Waals surface area contributed by atoms with E-state index < -0.39 is 0 Å². The predicted molar refractivity (Wildman–Crippen MR) is 531 cm³/mol. The molecule has 9 aliphatic rings. The zero-order chi connectivity index (χ0) is 86.3. The van der Waals surface area contributed by atoms with E-state index in [2.05, 4.69) is 455 Å². The summed E-state index contributed by atoms with van der Waals surface area (Å²) in [5.74, 6) is 1.44. The van der Waals surface area contributed by atoms with Gasteiger partial charge in [0.1, 0.15) is 0 Å². The lowest BCUT2D eigenvalue weighted by Gasteiger charge is -2.47. The van der Waals surface area contributed by atoms with E-state index in [1.54, 1.807) is 0 Å². The molecule has 7 aromatic rings. The third-order valence-electron chi connectivity index (χ3n) is 27.3. The normalized spacial score (nSPS) is 21.3. The molecular formula is C109H180N8. The van der Waals surface area contributed by atoms with E-state index >= 15 is 0 Å². The molecule has 1 saturated heterocycles. The van der Waals surface area contributed by atoms with Crippen molar-refractivity contribution in [3.05, 3.63) is 244 Å². The minimum atomic E-state index is 0. The molecule has 8 nitrogen and oxygen atoms in total. The Balaban J connectivity index is 0.000000708. The average molecular weight is 1610 g/mol. The minimum absolute atomic E-state index is 0. The molecule has 656 valence electrons. The Bertz CT molecular complexity index is 4410. The maximum absolute atomic E-state index is 2.63. The monoisotopic (exact) mass is 1610 g/mol. The molecule has 0 bridgehead atoms. The molecular weight excluding hydrogens is 1420 g/mol. The first-order valence-corrected chi connectivity index (χ1v) is 45.8. The molecule has 2 unspecified atom stereocenters. The van der Waals surface area contributed by atoms with Crippen molar-refractivity contribution in [1.29, 1.82) is 0 Å². The lowest BCUT2D eigenvalue weighted by Crippen LogP contribution is -2.51. The Morgan fingerprint density at radius 3 is 1.24 bits per heavy atom. The van der Waals surface area contributed by atoms with Crippen molar-refractivity contribution in [3.63, 3.8) is 0 Å². The number of benzene rings is 7. The second-order valence-corrected chi connectivity index (χ2v) is 42.8. The first-order chi connectivity index (χ1) is 54.6. The van der Waals surface area contributed by atoms with Gasteiger partial charge in [0.2, 0.25) is 0 Å². The number of fused-ring (bicyclic) bond motifs is 8. The third kappa shape index (κ3) is 22.2. The summed E-state index contributed by atoms with van der Waals surface area (Å²) >= 11 is 0. The second-order valence-electron chi connectivity index (χ2n) is 42.8. The van der Waals surface area contributed by atoms with E-state index in [0.29, 0.717) is 87.1 Å². The summed E-state index contributed by atoms with van der Waals surface area (Å²) in [6.45, 7) is 81.0. The van der Waals surface area contributed by atoms with Crippen LogP contribution in [0.4, 0.5) is 28.4 Å². The quantitative estimate of drug-likeness (QED) is 0.149.